The van der Waals surface area contributed by atoms with E-state index in [-0.39, 0.29) is 5.91 Å². The Morgan fingerprint density at radius 3 is 2.68 bits per heavy atom. The van der Waals surface area contributed by atoms with Crippen LogP contribution in [-0.4, -0.2) is 24.5 Å². The summed E-state index contributed by atoms with van der Waals surface area (Å²) in [6.07, 6.45) is 5.17. The van der Waals surface area contributed by atoms with Gasteiger partial charge in [0.25, 0.3) is 5.91 Å². The first-order valence-corrected chi connectivity index (χ1v) is 7.75. The van der Waals surface area contributed by atoms with E-state index >= 15 is 0 Å². The van der Waals surface area contributed by atoms with Crippen LogP contribution in [0.1, 0.15) is 36.5 Å². The summed E-state index contributed by atoms with van der Waals surface area (Å²) >= 11 is 0. The first-order chi connectivity index (χ1) is 10.7. The zero-order valence-corrected chi connectivity index (χ0v) is 13.2. The predicted molar refractivity (Wildman–Crippen MR) is 91.4 cm³/mol. The molecule has 0 saturated heterocycles. The molecular formula is C18H23N3O. The lowest BCUT2D eigenvalue weighted by Crippen LogP contribution is -2.26. The smallest absolute Gasteiger partial charge is 0.258 e. The van der Waals surface area contributed by atoms with Crippen LogP contribution in [0, 0.1) is 0 Å². The molecule has 0 aliphatic carbocycles. The number of pyridine rings is 1. The van der Waals surface area contributed by atoms with E-state index in [1.807, 2.05) is 36.4 Å². The molecule has 1 N–H and O–H groups in total. The second-order valence-corrected chi connectivity index (χ2v) is 5.26. The Morgan fingerprint density at radius 2 is 1.95 bits per heavy atom. The van der Waals surface area contributed by atoms with Gasteiger partial charge in [0.15, 0.2) is 0 Å². The molecule has 1 aromatic carbocycles. The first kappa shape index (κ1) is 16.0. The second kappa shape index (κ2) is 8.17. The van der Waals surface area contributed by atoms with E-state index < -0.39 is 0 Å². The highest BCUT2D eigenvalue weighted by Gasteiger charge is 2.13. The van der Waals surface area contributed by atoms with Crippen molar-refractivity contribution in [3.05, 3.63) is 54.2 Å². The Labute approximate surface area is 132 Å². The fraction of sp³-hybridized carbons (Fsp3) is 0.333. The van der Waals surface area contributed by atoms with E-state index in [0.717, 1.165) is 24.5 Å². The molecule has 2 rings (SSSR count). The minimum Gasteiger partial charge on any atom is -0.370 e. The lowest BCUT2D eigenvalue weighted by atomic mass is 10.2. The highest BCUT2D eigenvalue weighted by Crippen LogP contribution is 2.16. The molecule has 0 fully saturated rings. The summed E-state index contributed by atoms with van der Waals surface area (Å²) in [6, 6.07) is 13.2. The number of carbonyl (C=O) groups excluding carboxylic acids is 1. The van der Waals surface area contributed by atoms with Crippen LogP contribution in [0.2, 0.25) is 0 Å². The van der Waals surface area contributed by atoms with Gasteiger partial charge in [0.1, 0.15) is 5.82 Å². The first-order valence-electron chi connectivity index (χ1n) is 7.75. The molecule has 0 aliphatic rings. The standard InChI is InChI=1S/C18H23N3O/c1-3-4-8-12-19-17-14-15(11-13-20-17)18(22)21(2)16-9-6-5-7-10-16/h5-7,9-11,13-14H,3-4,8,12H2,1-2H3,(H,19,20). The normalized spacial score (nSPS) is 10.3. The number of nitrogens with one attached hydrogen (secondary N) is 1. The van der Waals surface area contributed by atoms with Gasteiger partial charge in [0, 0.05) is 31.0 Å². The van der Waals surface area contributed by atoms with Crippen molar-refractivity contribution in [1.82, 2.24) is 4.98 Å². The number of hydrogen-bond donors (Lipinski definition) is 1. The third-order valence-corrected chi connectivity index (χ3v) is 3.54. The Morgan fingerprint density at radius 1 is 1.18 bits per heavy atom. The monoisotopic (exact) mass is 297 g/mol. The number of carbonyl (C=O) groups is 1. The largest absolute Gasteiger partial charge is 0.370 e. The van der Waals surface area contributed by atoms with Crippen LogP contribution in [0.5, 0.6) is 0 Å². The molecule has 4 nitrogen and oxygen atoms in total. The molecule has 1 heterocycles. The van der Waals surface area contributed by atoms with E-state index in [1.54, 1.807) is 24.2 Å². The van der Waals surface area contributed by atoms with Gasteiger partial charge in [-0.1, -0.05) is 38.0 Å². The van der Waals surface area contributed by atoms with Crippen molar-refractivity contribution in [1.29, 1.82) is 0 Å². The van der Waals surface area contributed by atoms with E-state index in [2.05, 4.69) is 17.2 Å². The molecule has 1 amide bonds. The van der Waals surface area contributed by atoms with Crippen LogP contribution < -0.4 is 10.2 Å². The molecular weight excluding hydrogens is 274 g/mol. The Bertz CT molecular complexity index is 598. The molecule has 116 valence electrons. The Hall–Kier alpha value is -2.36. The molecule has 2 aromatic rings. The molecule has 0 atom stereocenters. The maximum atomic E-state index is 12.5. The SMILES string of the molecule is CCCCCNc1cc(C(=O)N(C)c2ccccc2)ccn1. The average molecular weight is 297 g/mol. The quantitative estimate of drug-likeness (QED) is 0.787. The molecule has 4 heteroatoms. The molecule has 0 bridgehead atoms. The molecule has 0 unspecified atom stereocenters. The van der Waals surface area contributed by atoms with Crippen LogP contribution >= 0.6 is 0 Å². The van der Waals surface area contributed by atoms with E-state index in [1.165, 1.54) is 12.8 Å². The van der Waals surface area contributed by atoms with E-state index in [9.17, 15) is 4.79 Å². The molecule has 0 aliphatic heterocycles. The summed E-state index contributed by atoms with van der Waals surface area (Å²) in [5, 5.41) is 3.27. The molecule has 1 aromatic heterocycles. The van der Waals surface area contributed by atoms with Gasteiger partial charge in [0.2, 0.25) is 0 Å². The average Bonchev–Trinajstić information content (AvgIpc) is 2.58. The summed E-state index contributed by atoms with van der Waals surface area (Å²) in [5.41, 5.74) is 1.51. The highest BCUT2D eigenvalue weighted by molar-refractivity contribution is 6.06. The molecule has 0 spiro atoms. The lowest BCUT2D eigenvalue weighted by molar-refractivity contribution is 0.0993. The van der Waals surface area contributed by atoms with Gasteiger partial charge in [-0.05, 0) is 30.7 Å². The lowest BCUT2D eigenvalue weighted by Gasteiger charge is -2.17. The fourth-order valence-electron chi connectivity index (χ4n) is 2.21. The topological polar surface area (TPSA) is 45.2 Å². The number of hydrogen-bond acceptors (Lipinski definition) is 3. The van der Waals surface area contributed by atoms with Crippen molar-refractivity contribution < 1.29 is 4.79 Å². The van der Waals surface area contributed by atoms with Crippen LogP contribution in [0.3, 0.4) is 0 Å². The zero-order valence-electron chi connectivity index (χ0n) is 13.2. The van der Waals surface area contributed by atoms with Crippen LogP contribution in [0.15, 0.2) is 48.7 Å². The van der Waals surface area contributed by atoms with E-state index in [4.69, 9.17) is 0 Å². The summed E-state index contributed by atoms with van der Waals surface area (Å²) in [4.78, 5) is 18.5. The maximum absolute atomic E-state index is 12.5. The van der Waals surface area contributed by atoms with Gasteiger partial charge in [-0.3, -0.25) is 4.79 Å². The fourth-order valence-corrected chi connectivity index (χ4v) is 2.21. The molecule has 22 heavy (non-hydrogen) atoms. The van der Waals surface area contributed by atoms with Gasteiger partial charge >= 0.3 is 0 Å². The van der Waals surface area contributed by atoms with Crippen molar-refractivity contribution in [3.8, 4) is 0 Å². The van der Waals surface area contributed by atoms with Crippen LogP contribution in [0.4, 0.5) is 11.5 Å². The van der Waals surface area contributed by atoms with Crippen molar-refractivity contribution in [3.63, 3.8) is 0 Å². The predicted octanol–water partition coefficient (Wildman–Crippen LogP) is 3.96. The third kappa shape index (κ3) is 4.32. The summed E-state index contributed by atoms with van der Waals surface area (Å²) in [6.45, 7) is 3.06. The Kier molecular flexibility index (Phi) is 5.95. The number of rotatable bonds is 7. The van der Waals surface area contributed by atoms with Crippen LogP contribution in [-0.2, 0) is 0 Å². The number of aromatic nitrogens is 1. The second-order valence-electron chi connectivity index (χ2n) is 5.26. The van der Waals surface area contributed by atoms with Gasteiger partial charge < -0.3 is 10.2 Å². The van der Waals surface area contributed by atoms with Gasteiger partial charge in [-0.2, -0.15) is 0 Å². The summed E-state index contributed by atoms with van der Waals surface area (Å²) in [5.74, 6) is 0.716. The van der Waals surface area contributed by atoms with Crippen LogP contribution in [0.25, 0.3) is 0 Å². The van der Waals surface area contributed by atoms with Crippen molar-refractivity contribution >= 4 is 17.4 Å². The number of unbranched alkanes of at least 4 members (excludes halogenated alkanes) is 2. The van der Waals surface area contributed by atoms with Crippen molar-refractivity contribution in [2.24, 2.45) is 0 Å². The van der Waals surface area contributed by atoms with Gasteiger partial charge in [-0.15, -0.1) is 0 Å². The number of benzene rings is 1. The number of para-hydroxylation sites is 1. The maximum Gasteiger partial charge on any atom is 0.258 e. The van der Waals surface area contributed by atoms with Crippen molar-refractivity contribution in [2.45, 2.75) is 26.2 Å². The zero-order chi connectivity index (χ0) is 15.8. The number of nitrogens with zero attached hydrogens (tertiary/aromatic N) is 2. The molecule has 0 radical (unpaired) electrons. The minimum absolute atomic E-state index is 0.0368. The summed E-state index contributed by atoms with van der Waals surface area (Å²) < 4.78 is 0. The van der Waals surface area contributed by atoms with Gasteiger partial charge in [0.05, 0.1) is 0 Å². The molecule has 0 saturated carbocycles. The summed E-state index contributed by atoms with van der Waals surface area (Å²) in [7, 11) is 1.78. The van der Waals surface area contributed by atoms with E-state index in [0.29, 0.717) is 5.56 Å². The minimum atomic E-state index is -0.0368. The third-order valence-electron chi connectivity index (χ3n) is 3.54. The van der Waals surface area contributed by atoms with Crippen molar-refractivity contribution in [2.75, 3.05) is 23.8 Å². The number of amides is 1. The van der Waals surface area contributed by atoms with Gasteiger partial charge in [-0.25, -0.2) is 4.98 Å². The Balaban J connectivity index is 2.03. The number of anilines is 2. The highest BCUT2D eigenvalue weighted by atomic mass is 16.2.